The third kappa shape index (κ3) is 1.75. The molecular formula is C8H7N3OS. The van der Waals surface area contributed by atoms with Crippen LogP contribution in [-0.2, 0) is 0 Å². The van der Waals surface area contributed by atoms with Gasteiger partial charge in [0.1, 0.15) is 6.33 Å². The van der Waals surface area contributed by atoms with E-state index in [-0.39, 0.29) is 0 Å². The van der Waals surface area contributed by atoms with Gasteiger partial charge in [-0.3, -0.25) is 0 Å². The molecule has 0 fully saturated rings. The third-order valence-corrected chi connectivity index (χ3v) is 2.00. The van der Waals surface area contributed by atoms with E-state index < -0.39 is 0 Å². The Morgan fingerprint density at radius 1 is 1.31 bits per heavy atom. The molecule has 66 valence electrons. The van der Waals surface area contributed by atoms with Crippen molar-refractivity contribution < 1.29 is 4.74 Å². The van der Waals surface area contributed by atoms with Crippen LogP contribution in [0.5, 0.6) is 10.9 Å². The van der Waals surface area contributed by atoms with Gasteiger partial charge in [0, 0.05) is 11.5 Å². The molecule has 0 radical (unpaired) electrons. The second kappa shape index (κ2) is 3.40. The predicted octanol–water partition coefficient (Wildman–Crippen LogP) is 1.91. The van der Waals surface area contributed by atoms with Crippen LogP contribution >= 0.6 is 11.5 Å². The molecule has 0 aliphatic carbocycles. The van der Waals surface area contributed by atoms with Gasteiger partial charge in [0.05, 0.1) is 5.69 Å². The van der Waals surface area contributed by atoms with E-state index in [1.165, 1.54) is 17.9 Å². The van der Waals surface area contributed by atoms with Gasteiger partial charge in [0.25, 0.3) is 5.19 Å². The van der Waals surface area contributed by atoms with Gasteiger partial charge >= 0.3 is 0 Å². The van der Waals surface area contributed by atoms with E-state index in [4.69, 9.17) is 10.5 Å². The Kier molecular flexibility index (Phi) is 2.09. The van der Waals surface area contributed by atoms with Crippen molar-refractivity contribution in [2.75, 3.05) is 5.73 Å². The Labute approximate surface area is 79.2 Å². The smallest absolute Gasteiger partial charge is 0.298 e. The molecule has 5 heteroatoms. The third-order valence-electron chi connectivity index (χ3n) is 1.46. The highest BCUT2D eigenvalue weighted by Gasteiger charge is 2.02. The van der Waals surface area contributed by atoms with E-state index in [0.29, 0.717) is 16.6 Å². The minimum Gasteiger partial charge on any atom is -0.428 e. The van der Waals surface area contributed by atoms with Gasteiger partial charge in [-0.25, -0.2) is 0 Å². The van der Waals surface area contributed by atoms with Crippen LogP contribution in [0.15, 0.2) is 30.6 Å². The molecule has 0 atom stereocenters. The molecule has 0 amide bonds. The number of nitrogen functional groups attached to an aromatic ring is 1. The summed E-state index contributed by atoms with van der Waals surface area (Å²) in [6.07, 6.45) is 1.44. The first-order valence-electron chi connectivity index (χ1n) is 3.65. The average molecular weight is 193 g/mol. The Morgan fingerprint density at radius 2 is 2.15 bits per heavy atom. The van der Waals surface area contributed by atoms with E-state index in [2.05, 4.69) is 9.36 Å². The van der Waals surface area contributed by atoms with Crippen molar-refractivity contribution in [3.05, 3.63) is 30.6 Å². The van der Waals surface area contributed by atoms with Crippen molar-refractivity contribution in [3.8, 4) is 10.9 Å². The fraction of sp³-hybridized carbons (Fsp3) is 0. The second-order valence-corrected chi connectivity index (χ2v) is 3.09. The van der Waals surface area contributed by atoms with Gasteiger partial charge in [-0.15, -0.1) is 0 Å². The monoisotopic (exact) mass is 193 g/mol. The van der Waals surface area contributed by atoms with E-state index in [1.54, 1.807) is 12.1 Å². The minimum atomic E-state index is 0.498. The molecule has 4 nitrogen and oxygen atoms in total. The van der Waals surface area contributed by atoms with Crippen LogP contribution in [0.1, 0.15) is 0 Å². The topological polar surface area (TPSA) is 61.0 Å². The summed E-state index contributed by atoms with van der Waals surface area (Å²) >= 11 is 1.19. The largest absolute Gasteiger partial charge is 0.428 e. The van der Waals surface area contributed by atoms with Crippen LogP contribution in [0.3, 0.4) is 0 Å². The maximum absolute atomic E-state index is 5.67. The molecule has 0 aliphatic heterocycles. The van der Waals surface area contributed by atoms with Crippen LogP contribution in [-0.4, -0.2) is 9.36 Å². The molecule has 0 unspecified atom stereocenters. The number of anilines is 1. The lowest BCUT2D eigenvalue weighted by Crippen LogP contribution is -1.90. The highest BCUT2D eigenvalue weighted by Crippen LogP contribution is 2.26. The van der Waals surface area contributed by atoms with E-state index in [0.717, 1.165) is 0 Å². The summed E-state index contributed by atoms with van der Waals surface area (Å²) in [5.74, 6) is 0.610. The molecule has 0 spiro atoms. The summed E-state index contributed by atoms with van der Waals surface area (Å²) in [6, 6.07) is 7.27. The standard InChI is InChI=1S/C8H7N3OS/c9-6-3-1-2-4-7(6)12-8-10-5-11-13-8/h1-5H,9H2. The Bertz CT molecular complexity index is 388. The van der Waals surface area contributed by atoms with Crippen LogP contribution in [0.4, 0.5) is 5.69 Å². The second-order valence-electron chi connectivity index (χ2n) is 2.35. The lowest BCUT2D eigenvalue weighted by Gasteiger charge is -2.02. The SMILES string of the molecule is Nc1ccccc1Oc1ncns1. The molecule has 2 rings (SSSR count). The zero-order valence-electron chi connectivity index (χ0n) is 6.68. The molecule has 1 heterocycles. The predicted molar refractivity (Wildman–Crippen MR) is 50.8 cm³/mol. The minimum absolute atomic E-state index is 0.498. The maximum Gasteiger partial charge on any atom is 0.298 e. The number of nitrogens with two attached hydrogens (primary N) is 1. The summed E-state index contributed by atoms with van der Waals surface area (Å²) in [7, 11) is 0. The van der Waals surface area contributed by atoms with Crippen molar-refractivity contribution in [3.63, 3.8) is 0 Å². The number of para-hydroxylation sites is 2. The van der Waals surface area contributed by atoms with Crippen LogP contribution in [0, 0.1) is 0 Å². The number of nitrogens with zero attached hydrogens (tertiary/aromatic N) is 2. The zero-order valence-corrected chi connectivity index (χ0v) is 7.49. The highest BCUT2D eigenvalue weighted by molar-refractivity contribution is 7.07. The molecule has 2 N–H and O–H groups in total. The van der Waals surface area contributed by atoms with E-state index >= 15 is 0 Å². The molecule has 0 saturated heterocycles. The number of hydrogen-bond acceptors (Lipinski definition) is 5. The fourth-order valence-corrected chi connectivity index (χ4v) is 1.28. The molecule has 0 aliphatic rings. The van der Waals surface area contributed by atoms with Crippen molar-refractivity contribution in [1.82, 2.24) is 9.36 Å². The molecular weight excluding hydrogens is 186 g/mol. The van der Waals surface area contributed by atoms with Crippen molar-refractivity contribution in [2.45, 2.75) is 0 Å². The Balaban J connectivity index is 2.24. The average Bonchev–Trinajstić information content (AvgIpc) is 2.61. The summed E-state index contributed by atoms with van der Waals surface area (Å²) in [5.41, 5.74) is 6.26. The van der Waals surface area contributed by atoms with E-state index in [1.807, 2.05) is 12.1 Å². The molecule has 1 aromatic heterocycles. The van der Waals surface area contributed by atoms with Gasteiger partial charge in [0.15, 0.2) is 5.75 Å². The molecule has 0 saturated carbocycles. The maximum atomic E-state index is 5.67. The number of ether oxygens (including phenoxy) is 1. The molecule has 13 heavy (non-hydrogen) atoms. The Hall–Kier alpha value is -1.62. The number of benzene rings is 1. The first-order chi connectivity index (χ1) is 6.36. The van der Waals surface area contributed by atoms with E-state index in [9.17, 15) is 0 Å². The van der Waals surface area contributed by atoms with Gasteiger partial charge < -0.3 is 10.5 Å². The number of hydrogen-bond donors (Lipinski definition) is 1. The van der Waals surface area contributed by atoms with Gasteiger partial charge in [-0.1, -0.05) is 12.1 Å². The van der Waals surface area contributed by atoms with Crippen LogP contribution < -0.4 is 10.5 Å². The fourth-order valence-electron chi connectivity index (χ4n) is 0.875. The lowest BCUT2D eigenvalue weighted by atomic mass is 10.3. The van der Waals surface area contributed by atoms with Crippen molar-refractivity contribution >= 4 is 17.2 Å². The molecule has 1 aromatic carbocycles. The quantitative estimate of drug-likeness (QED) is 0.740. The first-order valence-corrected chi connectivity index (χ1v) is 4.42. The first kappa shape index (κ1) is 8.00. The Morgan fingerprint density at radius 3 is 2.85 bits per heavy atom. The van der Waals surface area contributed by atoms with Gasteiger partial charge in [-0.2, -0.15) is 9.36 Å². The van der Waals surface area contributed by atoms with Gasteiger partial charge in [0.2, 0.25) is 0 Å². The summed E-state index contributed by atoms with van der Waals surface area (Å²) < 4.78 is 9.18. The summed E-state index contributed by atoms with van der Waals surface area (Å²) in [5, 5.41) is 0.498. The lowest BCUT2D eigenvalue weighted by molar-refractivity contribution is 0.481. The molecule has 0 bridgehead atoms. The van der Waals surface area contributed by atoms with Crippen LogP contribution in [0.2, 0.25) is 0 Å². The zero-order chi connectivity index (χ0) is 9.10. The van der Waals surface area contributed by atoms with Crippen molar-refractivity contribution in [1.29, 1.82) is 0 Å². The number of aromatic nitrogens is 2. The summed E-state index contributed by atoms with van der Waals surface area (Å²) in [6.45, 7) is 0. The molecule has 2 aromatic rings. The number of rotatable bonds is 2. The van der Waals surface area contributed by atoms with Crippen molar-refractivity contribution in [2.24, 2.45) is 0 Å². The van der Waals surface area contributed by atoms with Crippen LogP contribution in [0.25, 0.3) is 0 Å². The van der Waals surface area contributed by atoms with Gasteiger partial charge in [-0.05, 0) is 12.1 Å². The normalized spacial score (nSPS) is 9.85. The highest BCUT2D eigenvalue weighted by atomic mass is 32.1. The summed E-state index contributed by atoms with van der Waals surface area (Å²) in [4.78, 5) is 3.88.